The van der Waals surface area contributed by atoms with Gasteiger partial charge in [0.1, 0.15) is 18.1 Å². The molecule has 8 heteroatoms. The lowest BCUT2D eigenvalue weighted by Gasteiger charge is -2.24. The van der Waals surface area contributed by atoms with Crippen molar-refractivity contribution in [3.05, 3.63) is 87.9 Å². The van der Waals surface area contributed by atoms with Gasteiger partial charge in [0.05, 0.1) is 23.7 Å². The lowest BCUT2D eigenvalue weighted by Crippen LogP contribution is -2.39. The van der Waals surface area contributed by atoms with Gasteiger partial charge in [-0.2, -0.15) is 5.10 Å². The number of nitrogens with zero attached hydrogens (tertiary/aromatic N) is 3. The second-order valence-electron chi connectivity index (χ2n) is 7.42. The minimum atomic E-state index is -0.384. The second-order valence-corrected chi connectivity index (χ2v) is 8.37. The van der Waals surface area contributed by atoms with E-state index in [1.807, 2.05) is 29.6 Å². The van der Waals surface area contributed by atoms with Crippen LogP contribution in [-0.4, -0.2) is 48.1 Å². The number of thiophene rings is 1. The van der Waals surface area contributed by atoms with Crippen molar-refractivity contribution in [1.82, 2.24) is 9.91 Å². The predicted molar refractivity (Wildman–Crippen MR) is 121 cm³/mol. The van der Waals surface area contributed by atoms with Gasteiger partial charge >= 0.3 is 0 Å². The summed E-state index contributed by atoms with van der Waals surface area (Å²) in [6, 6.07) is 16.7. The van der Waals surface area contributed by atoms with Crippen LogP contribution in [0.1, 0.15) is 33.3 Å². The number of hydrogen-bond donors (Lipinski definition) is 0. The minimum Gasteiger partial charge on any atom is -0.497 e. The van der Waals surface area contributed by atoms with Crippen molar-refractivity contribution in [2.45, 2.75) is 12.5 Å². The summed E-state index contributed by atoms with van der Waals surface area (Å²) in [5, 5.41) is 7.83. The number of benzene rings is 2. The molecule has 4 rings (SSSR count). The van der Waals surface area contributed by atoms with Crippen molar-refractivity contribution in [3.8, 4) is 5.75 Å². The summed E-state index contributed by atoms with van der Waals surface area (Å²) >= 11 is 1.33. The van der Waals surface area contributed by atoms with E-state index in [0.717, 1.165) is 22.6 Å². The molecule has 0 N–H and O–H groups in total. The summed E-state index contributed by atoms with van der Waals surface area (Å²) in [6.07, 6.45) is 0.478. The molecule has 6 nitrogen and oxygen atoms in total. The van der Waals surface area contributed by atoms with Gasteiger partial charge in [0.2, 0.25) is 0 Å². The van der Waals surface area contributed by atoms with Gasteiger partial charge in [-0.1, -0.05) is 18.2 Å². The van der Waals surface area contributed by atoms with E-state index in [9.17, 15) is 14.0 Å². The summed E-state index contributed by atoms with van der Waals surface area (Å²) in [5.41, 5.74) is 2.39. The molecule has 0 aliphatic carbocycles. The Balaban J connectivity index is 1.59. The molecule has 0 fully saturated rings. The third-order valence-electron chi connectivity index (χ3n) is 5.30. The molecule has 0 radical (unpaired) electrons. The molecule has 2 heterocycles. The zero-order valence-electron chi connectivity index (χ0n) is 17.7. The third-order valence-corrected chi connectivity index (χ3v) is 6.15. The fourth-order valence-corrected chi connectivity index (χ4v) is 4.30. The maximum absolute atomic E-state index is 13.5. The van der Waals surface area contributed by atoms with E-state index in [-0.39, 0.29) is 30.2 Å². The molecule has 0 spiro atoms. The number of carbonyl (C=O) groups is 2. The number of rotatable bonds is 6. The van der Waals surface area contributed by atoms with E-state index in [4.69, 9.17) is 4.74 Å². The van der Waals surface area contributed by atoms with E-state index >= 15 is 0 Å². The highest BCUT2D eigenvalue weighted by Gasteiger charge is 2.34. The van der Waals surface area contributed by atoms with E-state index in [1.54, 1.807) is 38.4 Å². The number of hydrogen-bond acceptors (Lipinski definition) is 5. The molecule has 2 aromatic carbocycles. The first-order valence-electron chi connectivity index (χ1n) is 10.0. The van der Waals surface area contributed by atoms with Crippen LogP contribution in [-0.2, 0) is 4.79 Å². The SMILES string of the molecule is COc1ccc(C2=NN(C(=O)CN(C)C(=O)c3cccs3)[C@@H](c3ccc(F)cc3)C2)cc1. The third kappa shape index (κ3) is 4.55. The molecular formula is C24H22FN3O3S. The van der Waals surface area contributed by atoms with Gasteiger partial charge < -0.3 is 9.64 Å². The van der Waals surface area contributed by atoms with Crippen molar-refractivity contribution in [3.63, 3.8) is 0 Å². The molecule has 0 saturated carbocycles. The first kappa shape index (κ1) is 21.7. The van der Waals surface area contributed by atoms with E-state index in [1.165, 1.54) is 33.4 Å². The summed E-state index contributed by atoms with van der Waals surface area (Å²) in [5.74, 6) is -0.147. The average Bonchev–Trinajstić information content (AvgIpc) is 3.50. The quantitative estimate of drug-likeness (QED) is 0.560. The van der Waals surface area contributed by atoms with Crippen LogP contribution in [0.25, 0.3) is 0 Å². The largest absolute Gasteiger partial charge is 0.497 e. The highest BCUT2D eigenvalue weighted by Crippen LogP contribution is 2.33. The highest BCUT2D eigenvalue weighted by atomic mass is 32.1. The van der Waals surface area contributed by atoms with Crippen LogP contribution in [0.4, 0.5) is 4.39 Å². The molecule has 164 valence electrons. The zero-order chi connectivity index (χ0) is 22.7. The zero-order valence-corrected chi connectivity index (χ0v) is 18.5. The van der Waals surface area contributed by atoms with Crippen LogP contribution in [0.5, 0.6) is 5.75 Å². The Morgan fingerprint density at radius 1 is 1.16 bits per heavy atom. The second kappa shape index (κ2) is 9.32. The van der Waals surface area contributed by atoms with Crippen molar-refractivity contribution in [2.24, 2.45) is 5.10 Å². The van der Waals surface area contributed by atoms with Crippen LogP contribution in [0.2, 0.25) is 0 Å². The highest BCUT2D eigenvalue weighted by molar-refractivity contribution is 7.12. The topological polar surface area (TPSA) is 62.2 Å². The Kier molecular flexibility index (Phi) is 6.32. The Morgan fingerprint density at radius 2 is 1.88 bits per heavy atom. The number of carbonyl (C=O) groups excluding carboxylic acids is 2. The van der Waals surface area contributed by atoms with Crippen LogP contribution < -0.4 is 4.74 Å². The number of hydrazone groups is 1. The van der Waals surface area contributed by atoms with Crippen molar-refractivity contribution < 1.29 is 18.7 Å². The van der Waals surface area contributed by atoms with Gasteiger partial charge in [-0.05, 0) is 59.0 Å². The maximum Gasteiger partial charge on any atom is 0.264 e. The fourth-order valence-electron chi connectivity index (χ4n) is 3.58. The normalized spacial score (nSPS) is 15.4. The molecule has 1 aliphatic heterocycles. The summed E-state index contributed by atoms with van der Waals surface area (Å²) in [4.78, 5) is 27.7. The monoisotopic (exact) mass is 451 g/mol. The Labute approximate surface area is 189 Å². The fraction of sp³-hybridized carbons (Fsp3) is 0.208. The molecule has 2 amide bonds. The van der Waals surface area contributed by atoms with Crippen molar-refractivity contribution in [2.75, 3.05) is 20.7 Å². The Hall–Kier alpha value is -3.52. The van der Waals surface area contributed by atoms with E-state index in [2.05, 4.69) is 5.10 Å². The van der Waals surface area contributed by atoms with E-state index in [0.29, 0.717) is 11.3 Å². The molecule has 0 saturated heterocycles. The molecule has 1 aromatic heterocycles. The number of halogens is 1. The van der Waals surface area contributed by atoms with Crippen LogP contribution >= 0.6 is 11.3 Å². The summed E-state index contributed by atoms with van der Waals surface area (Å²) in [6.45, 7) is -0.117. The summed E-state index contributed by atoms with van der Waals surface area (Å²) in [7, 11) is 3.19. The van der Waals surface area contributed by atoms with Crippen molar-refractivity contribution >= 4 is 28.9 Å². The number of amides is 2. The maximum atomic E-state index is 13.5. The molecule has 0 unspecified atom stereocenters. The molecule has 3 aromatic rings. The Morgan fingerprint density at radius 3 is 2.50 bits per heavy atom. The predicted octanol–water partition coefficient (Wildman–Crippen LogP) is 4.35. The van der Waals surface area contributed by atoms with Gasteiger partial charge in [-0.15, -0.1) is 11.3 Å². The first-order valence-corrected chi connectivity index (χ1v) is 10.9. The smallest absolute Gasteiger partial charge is 0.264 e. The van der Waals surface area contributed by atoms with Gasteiger partial charge in [0, 0.05) is 13.5 Å². The molecule has 0 bridgehead atoms. The van der Waals surface area contributed by atoms with Gasteiger partial charge in [0.15, 0.2) is 0 Å². The van der Waals surface area contributed by atoms with Crippen LogP contribution in [0.15, 0.2) is 71.1 Å². The number of methoxy groups -OCH3 is 1. The summed E-state index contributed by atoms with van der Waals surface area (Å²) < 4.78 is 18.7. The van der Waals surface area contributed by atoms with E-state index < -0.39 is 0 Å². The molecule has 1 aliphatic rings. The lowest BCUT2D eigenvalue weighted by molar-refractivity contribution is -0.133. The van der Waals surface area contributed by atoms with Gasteiger partial charge in [-0.3, -0.25) is 9.59 Å². The standard InChI is InChI=1S/C24H22FN3O3S/c1-27(24(30)22-4-3-13-32-22)15-23(29)28-21(17-5-9-18(25)10-6-17)14-20(26-28)16-7-11-19(31-2)12-8-16/h3-13,21H,14-15H2,1-2H3/t21-/m1/s1. The number of ether oxygens (including phenoxy) is 1. The molecular weight excluding hydrogens is 429 g/mol. The van der Waals surface area contributed by atoms with Crippen LogP contribution in [0.3, 0.4) is 0 Å². The number of likely N-dealkylation sites (N-methyl/N-ethyl adjacent to an activating group) is 1. The molecule has 1 atom stereocenters. The lowest BCUT2D eigenvalue weighted by atomic mass is 9.98. The average molecular weight is 452 g/mol. The van der Waals surface area contributed by atoms with Gasteiger partial charge in [-0.25, -0.2) is 9.40 Å². The Bertz CT molecular complexity index is 1130. The van der Waals surface area contributed by atoms with Gasteiger partial charge in [0.25, 0.3) is 11.8 Å². The molecule has 32 heavy (non-hydrogen) atoms. The van der Waals surface area contributed by atoms with Crippen molar-refractivity contribution in [1.29, 1.82) is 0 Å². The minimum absolute atomic E-state index is 0.117. The van der Waals surface area contributed by atoms with Crippen LogP contribution in [0, 0.1) is 5.82 Å². The first-order chi connectivity index (χ1) is 15.5.